The summed E-state index contributed by atoms with van der Waals surface area (Å²) in [6.45, 7) is 0.698. The summed E-state index contributed by atoms with van der Waals surface area (Å²) in [5, 5.41) is 18.6. The molecular weight excluding hydrogens is 302 g/mol. The third-order valence-electron chi connectivity index (χ3n) is 3.71. The normalized spacial score (nSPS) is 13.1. The Morgan fingerprint density at radius 1 is 1.35 bits per heavy atom. The number of imidazole rings is 1. The van der Waals surface area contributed by atoms with Crippen molar-refractivity contribution >= 4 is 11.2 Å². The lowest BCUT2D eigenvalue weighted by Crippen LogP contribution is -2.40. The lowest BCUT2D eigenvalue weighted by molar-refractivity contribution is 0.0820. The largest absolute Gasteiger partial charge is 0.394 e. The second kappa shape index (κ2) is 7.07. The summed E-state index contributed by atoms with van der Waals surface area (Å²) < 4.78 is 3.99. The Hall–Kier alpha value is -1.97. The molecule has 0 aromatic carbocycles. The summed E-state index contributed by atoms with van der Waals surface area (Å²) in [5.74, 6) is 0. The maximum absolute atomic E-state index is 12.7. The molecule has 0 amide bonds. The molecule has 2 N–H and O–H groups in total. The van der Waals surface area contributed by atoms with Gasteiger partial charge in [-0.15, -0.1) is 0 Å². The molecular formula is C14H23N5O4. The molecule has 0 saturated heterocycles. The van der Waals surface area contributed by atoms with E-state index in [0.717, 1.165) is 6.54 Å². The number of aromatic nitrogens is 4. The fraction of sp³-hybridized carbons (Fsp3) is 0.643. The van der Waals surface area contributed by atoms with Gasteiger partial charge in [0.15, 0.2) is 11.2 Å². The van der Waals surface area contributed by atoms with Gasteiger partial charge in [-0.05, 0) is 27.1 Å². The zero-order valence-corrected chi connectivity index (χ0v) is 13.6. The minimum absolute atomic E-state index is 0.0398. The first kappa shape index (κ1) is 17.4. The minimum Gasteiger partial charge on any atom is -0.394 e. The zero-order valence-electron chi connectivity index (χ0n) is 13.6. The average Bonchev–Trinajstić information content (AvgIpc) is 2.92. The van der Waals surface area contributed by atoms with Crippen molar-refractivity contribution in [1.82, 2.24) is 23.6 Å². The Kier molecular flexibility index (Phi) is 5.34. The van der Waals surface area contributed by atoms with Crippen molar-refractivity contribution in [2.45, 2.75) is 25.6 Å². The third kappa shape index (κ3) is 3.52. The lowest BCUT2D eigenvalue weighted by atomic mass is 10.3. The van der Waals surface area contributed by atoms with Gasteiger partial charge in [-0.3, -0.25) is 13.9 Å². The molecule has 0 radical (unpaired) electrons. The summed E-state index contributed by atoms with van der Waals surface area (Å²) in [6, 6.07) is 0. The van der Waals surface area contributed by atoms with Gasteiger partial charge in [-0.1, -0.05) is 0 Å². The summed E-state index contributed by atoms with van der Waals surface area (Å²) in [4.78, 5) is 31.1. The highest BCUT2D eigenvalue weighted by molar-refractivity contribution is 5.69. The molecule has 0 spiro atoms. The number of hydrogen-bond acceptors (Lipinski definition) is 6. The van der Waals surface area contributed by atoms with Crippen molar-refractivity contribution < 1.29 is 10.2 Å². The van der Waals surface area contributed by atoms with Crippen LogP contribution in [0.2, 0.25) is 0 Å². The SMILES string of the molecule is CN(C)CCCn1c(=O)c2c(ncn2C[C@@H](O)CO)n(C)c1=O. The maximum Gasteiger partial charge on any atom is 0.332 e. The van der Waals surface area contributed by atoms with Crippen molar-refractivity contribution in [1.29, 1.82) is 0 Å². The van der Waals surface area contributed by atoms with Crippen molar-refractivity contribution in [2.75, 3.05) is 27.2 Å². The Bertz CT molecular complexity index is 789. The second-order valence-corrected chi connectivity index (χ2v) is 5.86. The van der Waals surface area contributed by atoms with Gasteiger partial charge in [-0.2, -0.15) is 0 Å². The first-order valence-corrected chi connectivity index (χ1v) is 7.45. The van der Waals surface area contributed by atoms with Gasteiger partial charge in [0.2, 0.25) is 0 Å². The van der Waals surface area contributed by atoms with E-state index in [1.165, 1.54) is 20.0 Å². The van der Waals surface area contributed by atoms with Crippen molar-refractivity contribution in [3.8, 4) is 0 Å². The number of aliphatic hydroxyl groups excluding tert-OH is 2. The van der Waals surface area contributed by atoms with Crippen LogP contribution in [0.15, 0.2) is 15.9 Å². The molecule has 23 heavy (non-hydrogen) atoms. The topological polar surface area (TPSA) is 106 Å². The van der Waals surface area contributed by atoms with Crippen LogP contribution in [0, 0.1) is 0 Å². The molecule has 2 heterocycles. The Morgan fingerprint density at radius 3 is 2.65 bits per heavy atom. The van der Waals surface area contributed by atoms with Crippen molar-refractivity contribution in [3.63, 3.8) is 0 Å². The highest BCUT2D eigenvalue weighted by Crippen LogP contribution is 2.06. The van der Waals surface area contributed by atoms with Crippen LogP contribution in [0.1, 0.15) is 6.42 Å². The average molecular weight is 325 g/mol. The van der Waals surface area contributed by atoms with E-state index in [1.54, 1.807) is 7.05 Å². The molecule has 0 unspecified atom stereocenters. The van der Waals surface area contributed by atoms with Crippen LogP contribution >= 0.6 is 0 Å². The van der Waals surface area contributed by atoms with Gasteiger partial charge >= 0.3 is 5.69 Å². The monoisotopic (exact) mass is 325 g/mol. The molecule has 2 aromatic heterocycles. The zero-order chi connectivity index (χ0) is 17.1. The van der Waals surface area contributed by atoms with Gasteiger partial charge < -0.3 is 19.7 Å². The predicted molar refractivity (Wildman–Crippen MR) is 85.5 cm³/mol. The number of nitrogens with zero attached hydrogens (tertiary/aromatic N) is 5. The first-order valence-electron chi connectivity index (χ1n) is 7.45. The molecule has 9 nitrogen and oxygen atoms in total. The van der Waals surface area contributed by atoms with Gasteiger partial charge in [0.05, 0.1) is 25.6 Å². The predicted octanol–water partition coefficient (Wildman–Crippen LogP) is -1.80. The smallest absolute Gasteiger partial charge is 0.332 e. The summed E-state index contributed by atoms with van der Waals surface area (Å²) in [5.41, 5.74) is -0.308. The molecule has 2 rings (SSSR count). The molecule has 1 atom stereocenters. The van der Waals surface area contributed by atoms with E-state index in [0.29, 0.717) is 13.0 Å². The molecule has 0 fully saturated rings. The summed E-state index contributed by atoms with van der Waals surface area (Å²) in [6.07, 6.45) is 1.07. The van der Waals surface area contributed by atoms with Crippen LogP contribution in [0.3, 0.4) is 0 Å². The van der Waals surface area contributed by atoms with Crippen molar-refractivity contribution in [2.24, 2.45) is 7.05 Å². The van der Waals surface area contributed by atoms with Crippen LogP contribution in [-0.2, 0) is 20.1 Å². The Morgan fingerprint density at radius 2 is 2.04 bits per heavy atom. The number of aryl methyl sites for hydroxylation is 1. The van der Waals surface area contributed by atoms with E-state index in [2.05, 4.69) is 4.98 Å². The number of rotatable bonds is 7. The third-order valence-corrected chi connectivity index (χ3v) is 3.71. The molecule has 9 heteroatoms. The Balaban J connectivity index is 2.49. The van der Waals surface area contributed by atoms with Crippen LogP contribution < -0.4 is 11.2 Å². The number of hydrogen-bond donors (Lipinski definition) is 2. The van der Waals surface area contributed by atoms with Crippen LogP contribution in [0.25, 0.3) is 11.2 Å². The lowest BCUT2D eigenvalue weighted by Gasteiger charge is -2.13. The molecule has 0 aliphatic heterocycles. The highest BCUT2D eigenvalue weighted by Gasteiger charge is 2.17. The fourth-order valence-corrected chi connectivity index (χ4v) is 2.49. The molecule has 0 aliphatic carbocycles. The van der Waals surface area contributed by atoms with E-state index < -0.39 is 24.0 Å². The summed E-state index contributed by atoms with van der Waals surface area (Å²) >= 11 is 0. The number of aliphatic hydroxyl groups is 2. The van der Waals surface area contributed by atoms with Crippen LogP contribution in [0.4, 0.5) is 0 Å². The van der Waals surface area contributed by atoms with E-state index >= 15 is 0 Å². The molecule has 2 aromatic rings. The van der Waals surface area contributed by atoms with Crippen molar-refractivity contribution in [3.05, 3.63) is 27.2 Å². The minimum atomic E-state index is -0.994. The van der Waals surface area contributed by atoms with Gasteiger partial charge in [0, 0.05) is 13.6 Å². The Labute approximate surface area is 133 Å². The first-order chi connectivity index (χ1) is 10.9. The molecule has 0 aliphatic rings. The van der Waals surface area contributed by atoms with Crippen LogP contribution in [-0.4, -0.2) is 67.1 Å². The maximum atomic E-state index is 12.7. The molecule has 0 bridgehead atoms. The fourth-order valence-electron chi connectivity index (χ4n) is 2.49. The van der Waals surface area contributed by atoms with Gasteiger partial charge in [0.1, 0.15) is 0 Å². The van der Waals surface area contributed by atoms with E-state index in [-0.39, 0.29) is 17.7 Å². The van der Waals surface area contributed by atoms with E-state index in [9.17, 15) is 14.7 Å². The summed E-state index contributed by atoms with van der Waals surface area (Å²) in [7, 11) is 5.41. The van der Waals surface area contributed by atoms with Gasteiger partial charge in [0.25, 0.3) is 5.56 Å². The molecule has 128 valence electrons. The van der Waals surface area contributed by atoms with Gasteiger partial charge in [-0.25, -0.2) is 9.78 Å². The standard InChI is InChI=1S/C14H23N5O4/c1-16(2)5-4-6-19-13(22)11-12(17(3)14(19)23)15-9-18(11)7-10(21)8-20/h9-10,20-21H,4-8H2,1-3H3/t10-/m1/s1. The quantitative estimate of drug-likeness (QED) is 0.622. The van der Waals surface area contributed by atoms with E-state index in [1.807, 2.05) is 19.0 Å². The van der Waals surface area contributed by atoms with Crippen LogP contribution in [0.5, 0.6) is 0 Å². The molecule has 0 saturated carbocycles. The highest BCUT2D eigenvalue weighted by atomic mass is 16.3. The second-order valence-electron chi connectivity index (χ2n) is 5.86. The van der Waals surface area contributed by atoms with E-state index in [4.69, 9.17) is 5.11 Å². The number of fused-ring (bicyclic) bond motifs is 1.